The van der Waals surface area contributed by atoms with Crippen molar-refractivity contribution in [1.29, 1.82) is 0 Å². The van der Waals surface area contributed by atoms with Gasteiger partial charge < -0.3 is 15.0 Å². The molecule has 0 aliphatic carbocycles. The van der Waals surface area contributed by atoms with Crippen LogP contribution in [0.15, 0.2) is 24.3 Å². The maximum absolute atomic E-state index is 12.2. The summed E-state index contributed by atoms with van der Waals surface area (Å²) in [5.74, 6) is -0.869. The van der Waals surface area contributed by atoms with Crippen LogP contribution < -0.4 is 5.32 Å². The third-order valence-electron chi connectivity index (χ3n) is 3.63. The van der Waals surface area contributed by atoms with Gasteiger partial charge in [-0.3, -0.25) is 9.59 Å². The molecule has 0 bridgehead atoms. The third-order valence-corrected chi connectivity index (χ3v) is 3.63. The lowest BCUT2D eigenvalue weighted by molar-refractivity contribution is -0.128. The van der Waals surface area contributed by atoms with Crippen LogP contribution in [0.4, 0.5) is 5.69 Å². The molecule has 2 amide bonds. The monoisotopic (exact) mass is 304 g/mol. The first-order valence-corrected chi connectivity index (χ1v) is 7.41. The van der Waals surface area contributed by atoms with Crippen LogP contribution in [0.2, 0.25) is 0 Å². The fourth-order valence-corrected chi connectivity index (χ4v) is 2.40. The molecule has 2 rings (SSSR count). The van der Waals surface area contributed by atoms with Gasteiger partial charge >= 0.3 is 5.97 Å². The van der Waals surface area contributed by atoms with Crippen molar-refractivity contribution in [2.24, 2.45) is 5.92 Å². The zero-order chi connectivity index (χ0) is 16.1. The maximum Gasteiger partial charge on any atom is 0.338 e. The Morgan fingerprint density at radius 3 is 2.50 bits per heavy atom. The van der Waals surface area contributed by atoms with Gasteiger partial charge in [0.05, 0.1) is 18.1 Å². The zero-order valence-electron chi connectivity index (χ0n) is 12.8. The van der Waals surface area contributed by atoms with Gasteiger partial charge in [0, 0.05) is 25.2 Å². The topological polar surface area (TPSA) is 75.7 Å². The van der Waals surface area contributed by atoms with Crippen molar-refractivity contribution < 1.29 is 19.1 Å². The number of carbonyl (C=O) groups excluding carboxylic acids is 3. The number of hydrogen-bond acceptors (Lipinski definition) is 4. The fourth-order valence-electron chi connectivity index (χ4n) is 2.40. The van der Waals surface area contributed by atoms with Crippen molar-refractivity contribution in [3.63, 3.8) is 0 Å². The second-order valence-corrected chi connectivity index (χ2v) is 5.12. The Kier molecular flexibility index (Phi) is 5.14. The number of likely N-dealkylation sites (tertiary alicyclic amines) is 1. The number of benzene rings is 1. The highest BCUT2D eigenvalue weighted by Gasteiger charge is 2.33. The Morgan fingerprint density at radius 2 is 1.95 bits per heavy atom. The van der Waals surface area contributed by atoms with Crippen molar-refractivity contribution in [2.45, 2.75) is 20.3 Å². The van der Waals surface area contributed by atoms with Crippen LogP contribution in [0.5, 0.6) is 0 Å². The first-order valence-electron chi connectivity index (χ1n) is 7.41. The zero-order valence-corrected chi connectivity index (χ0v) is 12.8. The summed E-state index contributed by atoms with van der Waals surface area (Å²) in [6.45, 7) is 5.04. The van der Waals surface area contributed by atoms with Gasteiger partial charge in [0.15, 0.2) is 0 Å². The fraction of sp³-hybridized carbons (Fsp3) is 0.438. The van der Waals surface area contributed by atoms with E-state index in [0.29, 0.717) is 30.9 Å². The number of nitrogens with zero attached hydrogens (tertiary/aromatic N) is 1. The van der Waals surface area contributed by atoms with E-state index in [1.54, 1.807) is 36.1 Å². The molecule has 1 aromatic rings. The first kappa shape index (κ1) is 16.0. The lowest BCUT2D eigenvalue weighted by Gasteiger charge is -2.13. The molecule has 6 heteroatoms. The highest BCUT2D eigenvalue weighted by molar-refractivity contribution is 5.97. The predicted molar refractivity (Wildman–Crippen MR) is 81.4 cm³/mol. The highest BCUT2D eigenvalue weighted by atomic mass is 16.5. The summed E-state index contributed by atoms with van der Waals surface area (Å²) in [5, 5.41) is 2.78. The Bertz CT molecular complexity index is 568. The van der Waals surface area contributed by atoms with Gasteiger partial charge in [0.1, 0.15) is 0 Å². The van der Waals surface area contributed by atoms with Crippen molar-refractivity contribution in [1.82, 2.24) is 4.90 Å². The van der Waals surface area contributed by atoms with Crippen molar-refractivity contribution in [3.8, 4) is 0 Å². The first-order chi connectivity index (χ1) is 10.5. The summed E-state index contributed by atoms with van der Waals surface area (Å²) in [6.07, 6.45) is 0.251. The van der Waals surface area contributed by atoms with E-state index in [-0.39, 0.29) is 30.1 Å². The lowest BCUT2D eigenvalue weighted by Crippen LogP contribution is -2.28. The lowest BCUT2D eigenvalue weighted by atomic mass is 10.1. The SMILES string of the molecule is CCOC(=O)c1ccc(NC(=O)C2CC(=O)N(CC)C2)cc1. The molecule has 0 radical (unpaired) electrons. The maximum atomic E-state index is 12.2. The van der Waals surface area contributed by atoms with Crippen LogP contribution in [-0.2, 0) is 14.3 Å². The van der Waals surface area contributed by atoms with Gasteiger partial charge in [-0.15, -0.1) is 0 Å². The third kappa shape index (κ3) is 3.63. The van der Waals surface area contributed by atoms with E-state index in [4.69, 9.17) is 4.74 Å². The summed E-state index contributed by atoms with van der Waals surface area (Å²) in [7, 11) is 0. The summed E-state index contributed by atoms with van der Waals surface area (Å²) >= 11 is 0. The van der Waals surface area contributed by atoms with Gasteiger partial charge in [-0.1, -0.05) is 0 Å². The Hall–Kier alpha value is -2.37. The van der Waals surface area contributed by atoms with E-state index in [2.05, 4.69) is 5.32 Å². The van der Waals surface area contributed by atoms with Gasteiger partial charge in [0.25, 0.3) is 0 Å². The minimum Gasteiger partial charge on any atom is -0.462 e. The molecule has 0 aromatic heterocycles. The van der Waals surface area contributed by atoms with E-state index < -0.39 is 0 Å². The Morgan fingerprint density at radius 1 is 1.27 bits per heavy atom. The van der Waals surface area contributed by atoms with Crippen LogP contribution in [-0.4, -0.2) is 42.4 Å². The van der Waals surface area contributed by atoms with Crippen molar-refractivity contribution in [2.75, 3.05) is 25.0 Å². The van der Waals surface area contributed by atoms with Crippen LogP contribution >= 0.6 is 0 Å². The average Bonchev–Trinajstić information content (AvgIpc) is 2.89. The Labute approximate surface area is 129 Å². The molecule has 1 saturated heterocycles. The molecule has 6 nitrogen and oxygen atoms in total. The largest absolute Gasteiger partial charge is 0.462 e. The second-order valence-electron chi connectivity index (χ2n) is 5.12. The molecule has 1 N–H and O–H groups in total. The molecule has 1 heterocycles. The summed E-state index contributed by atoms with van der Waals surface area (Å²) in [5.41, 5.74) is 1.04. The summed E-state index contributed by atoms with van der Waals surface area (Å²) in [6, 6.07) is 6.51. The minimum atomic E-state index is -0.389. The van der Waals surface area contributed by atoms with Crippen LogP contribution in [0.3, 0.4) is 0 Å². The standard InChI is InChI=1S/C16H20N2O4/c1-3-18-10-12(9-14(18)19)15(20)17-13-7-5-11(6-8-13)16(21)22-4-2/h5-8,12H,3-4,9-10H2,1-2H3,(H,17,20). The number of carbonyl (C=O) groups is 3. The smallest absolute Gasteiger partial charge is 0.338 e. The number of anilines is 1. The van der Waals surface area contributed by atoms with Crippen LogP contribution in [0.1, 0.15) is 30.6 Å². The van der Waals surface area contributed by atoms with Crippen molar-refractivity contribution in [3.05, 3.63) is 29.8 Å². The summed E-state index contributed by atoms with van der Waals surface area (Å²) < 4.78 is 4.90. The molecular formula is C16H20N2O4. The number of nitrogens with one attached hydrogen (secondary N) is 1. The van der Waals surface area contributed by atoms with Crippen molar-refractivity contribution >= 4 is 23.5 Å². The molecule has 1 aliphatic heterocycles. The number of ether oxygens (including phenoxy) is 1. The average molecular weight is 304 g/mol. The normalized spacial score (nSPS) is 17.5. The molecule has 1 aliphatic rings. The van der Waals surface area contributed by atoms with Gasteiger partial charge in [0.2, 0.25) is 11.8 Å². The second kappa shape index (κ2) is 7.06. The highest BCUT2D eigenvalue weighted by Crippen LogP contribution is 2.20. The van der Waals surface area contributed by atoms with Gasteiger partial charge in [-0.2, -0.15) is 0 Å². The molecule has 0 spiro atoms. The molecule has 118 valence electrons. The van der Waals surface area contributed by atoms with Crippen LogP contribution in [0, 0.1) is 5.92 Å². The molecule has 1 atom stereocenters. The van der Waals surface area contributed by atoms with Gasteiger partial charge in [-0.05, 0) is 38.1 Å². The van der Waals surface area contributed by atoms with Gasteiger partial charge in [-0.25, -0.2) is 4.79 Å². The molecule has 1 unspecified atom stereocenters. The predicted octanol–water partition coefficient (Wildman–Crippen LogP) is 1.67. The number of hydrogen-bond donors (Lipinski definition) is 1. The van der Waals surface area contributed by atoms with E-state index in [0.717, 1.165) is 0 Å². The van der Waals surface area contributed by atoms with Crippen LogP contribution in [0.25, 0.3) is 0 Å². The number of amides is 2. The molecule has 1 fully saturated rings. The Balaban J connectivity index is 1.95. The molecular weight excluding hydrogens is 284 g/mol. The number of esters is 1. The van der Waals surface area contributed by atoms with E-state index >= 15 is 0 Å². The summed E-state index contributed by atoms with van der Waals surface area (Å²) in [4.78, 5) is 37.0. The minimum absolute atomic E-state index is 0.0142. The molecule has 1 aromatic carbocycles. The molecule has 0 saturated carbocycles. The van der Waals surface area contributed by atoms with E-state index in [1.165, 1.54) is 0 Å². The number of rotatable bonds is 5. The van der Waals surface area contributed by atoms with E-state index in [1.807, 2.05) is 6.92 Å². The molecule has 22 heavy (non-hydrogen) atoms. The van der Waals surface area contributed by atoms with E-state index in [9.17, 15) is 14.4 Å². The quantitative estimate of drug-likeness (QED) is 0.840.